The number of hydrogen-bond donors (Lipinski definition) is 2. The highest BCUT2D eigenvalue weighted by atomic mass is 16.5. The number of phenols is 1. The van der Waals surface area contributed by atoms with Crippen LogP contribution in [0.25, 0.3) is 22.2 Å². The number of carbonyl (C=O) groups is 1. The highest BCUT2D eigenvalue weighted by Crippen LogP contribution is 2.31. The summed E-state index contributed by atoms with van der Waals surface area (Å²) in [4.78, 5) is 15.0. The SMILES string of the molecule is CCOC(=O)c1cc(O)c2cc(-c3ccccc3)[nH]c2c1. The first kappa shape index (κ1) is 13.2. The number of ether oxygens (including phenoxy) is 1. The number of aromatic amines is 1. The van der Waals surface area contributed by atoms with Crippen LogP contribution in [0, 0.1) is 0 Å². The molecule has 4 nitrogen and oxygen atoms in total. The normalized spacial score (nSPS) is 10.7. The summed E-state index contributed by atoms with van der Waals surface area (Å²) in [6, 6.07) is 14.8. The highest BCUT2D eigenvalue weighted by molar-refractivity contribution is 5.98. The quantitative estimate of drug-likeness (QED) is 0.719. The average Bonchev–Trinajstić information content (AvgIpc) is 2.93. The minimum atomic E-state index is -0.439. The Balaban J connectivity index is 2.09. The lowest BCUT2D eigenvalue weighted by atomic mass is 10.1. The van der Waals surface area contributed by atoms with E-state index in [-0.39, 0.29) is 5.75 Å². The Kier molecular flexibility index (Phi) is 3.36. The largest absolute Gasteiger partial charge is 0.507 e. The number of rotatable bonds is 3. The molecule has 0 spiro atoms. The first-order chi connectivity index (χ1) is 10.2. The van der Waals surface area contributed by atoms with Crippen molar-refractivity contribution in [1.29, 1.82) is 0 Å². The molecular weight excluding hydrogens is 266 g/mol. The van der Waals surface area contributed by atoms with E-state index in [0.717, 1.165) is 11.3 Å². The van der Waals surface area contributed by atoms with Crippen LogP contribution in [0.3, 0.4) is 0 Å². The molecule has 4 heteroatoms. The second-order valence-corrected chi connectivity index (χ2v) is 4.73. The summed E-state index contributed by atoms with van der Waals surface area (Å²) >= 11 is 0. The van der Waals surface area contributed by atoms with E-state index >= 15 is 0 Å². The fourth-order valence-electron chi connectivity index (χ4n) is 2.32. The van der Waals surface area contributed by atoms with Gasteiger partial charge in [-0.25, -0.2) is 4.79 Å². The van der Waals surface area contributed by atoms with Gasteiger partial charge in [0.2, 0.25) is 0 Å². The van der Waals surface area contributed by atoms with Crippen LogP contribution in [0.15, 0.2) is 48.5 Å². The van der Waals surface area contributed by atoms with Gasteiger partial charge in [0.1, 0.15) is 5.75 Å². The molecule has 0 saturated carbocycles. The molecule has 0 aliphatic heterocycles. The van der Waals surface area contributed by atoms with E-state index < -0.39 is 5.97 Å². The minimum absolute atomic E-state index is 0.0639. The van der Waals surface area contributed by atoms with E-state index in [1.54, 1.807) is 13.0 Å². The summed E-state index contributed by atoms with van der Waals surface area (Å²) in [5.74, 6) is -0.375. The molecule has 1 heterocycles. The van der Waals surface area contributed by atoms with Crippen LogP contribution >= 0.6 is 0 Å². The summed E-state index contributed by atoms with van der Waals surface area (Å²) in [7, 11) is 0. The third-order valence-electron chi connectivity index (χ3n) is 3.31. The zero-order valence-electron chi connectivity index (χ0n) is 11.6. The summed E-state index contributed by atoms with van der Waals surface area (Å²) in [6.07, 6.45) is 0. The number of phenolic OH excluding ortho intramolecular Hbond substituents is 1. The Morgan fingerprint density at radius 3 is 2.67 bits per heavy atom. The van der Waals surface area contributed by atoms with Gasteiger partial charge in [-0.1, -0.05) is 30.3 Å². The van der Waals surface area contributed by atoms with Gasteiger partial charge in [-0.05, 0) is 30.7 Å². The van der Waals surface area contributed by atoms with Gasteiger partial charge in [-0.2, -0.15) is 0 Å². The van der Waals surface area contributed by atoms with Crippen molar-refractivity contribution in [2.45, 2.75) is 6.92 Å². The second kappa shape index (κ2) is 5.32. The zero-order valence-corrected chi connectivity index (χ0v) is 11.6. The Morgan fingerprint density at radius 1 is 1.19 bits per heavy atom. The molecule has 1 aromatic heterocycles. The Bertz CT molecular complexity index is 790. The maximum atomic E-state index is 11.8. The molecule has 0 bridgehead atoms. The Labute approximate surface area is 122 Å². The van der Waals surface area contributed by atoms with E-state index in [4.69, 9.17) is 4.74 Å². The maximum absolute atomic E-state index is 11.8. The van der Waals surface area contributed by atoms with Crippen molar-refractivity contribution < 1.29 is 14.6 Å². The second-order valence-electron chi connectivity index (χ2n) is 4.73. The van der Waals surface area contributed by atoms with Crippen LogP contribution in [-0.4, -0.2) is 22.7 Å². The maximum Gasteiger partial charge on any atom is 0.338 e. The molecule has 0 aliphatic carbocycles. The lowest BCUT2D eigenvalue weighted by Gasteiger charge is -2.03. The number of aromatic nitrogens is 1. The summed E-state index contributed by atoms with van der Waals surface area (Å²) in [6.45, 7) is 2.05. The van der Waals surface area contributed by atoms with E-state index in [1.807, 2.05) is 36.4 Å². The molecule has 3 aromatic rings. The van der Waals surface area contributed by atoms with Crippen LogP contribution in [0.2, 0.25) is 0 Å². The number of carbonyl (C=O) groups excluding carboxylic acids is 1. The number of hydrogen-bond acceptors (Lipinski definition) is 3. The van der Waals surface area contributed by atoms with Crippen molar-refractivity contribution in [2.75, 3.05) is 6.61 Å². The first-order valence-corrected chi connectivity index (χ1v) is 6.77. The van der Waals surface area contributed by atoms with E-state index in [1.165, 1.54) is 6.07 Å². The molecule has 106 valence electrons. The van der Waals surface area contributed by atoms with Crippen LogP contribution < -0.4 is 0 Å². The standard InChI is InChI=1S/C17H15NO3/c1-2-21-17(20)12-8-15-13(16(19)9-12)10-14(18-15)11-6-4-3-5-7-11/h3-10,18-19H,2H2,1H3. The van der Waals surface area contributed by atoms with Crippen molar-refractivity contribution >= 4 is 16.9 Å². The van der Waals surface area contributed by atoms with E-state index in [9.17, 15) is 9.90 Å². The molecule has 0 saturated heterocycles. The fourth-order valence-corrected chi connectivity index (χ4v) is 2.32. The molecule has 0 amide bonds. The monoisotopic (exact) mass is 281 g/mol. The van der Waals surface area contributed by atoms with Gasteiger partial charge >= 0.3 is 5.97 Å². The van der Waals surface area contributed by atoms with Crippen LogP contribution in [-0.2, 0) is 4.74 Å². The number of esters is 1. The van der Waals surface area contributed by atoms with Gasteiger partial charge < -0.3 is 14.8 Å². The van der Waals surface area contributed by atoms with Crippen LogP contribution in [0.4, 0.5) is 0 Å². The van der Waals surface area contributed by atoms with Gasteiger partial charge in [0.05, 0.1) is 17.7 Å². The Hall–Kier alpha value is -2.75. The summed E-state index contributed by atoms with van der Waals surface area (Å²) < 4.78 is 4.96. The number of nitrogens with one attached hydrogen (secondary N) is 1. The molecule has 2 aromatic carbocycles. The van der Waals surface area contributed by atoms with E-state index in [0.29, 0.717) is 23.1 Å². The van der Waals surface area contributed by atoms with Gasteiger partial charge in [0, 0.05) is 11.1 Å². The number of aromatic hydroxyl groups is 1. The number of benzene rings is 2. The van der Waals surface area contributed by atoms with E-state index in [2.05, 4.69) is 4.98 Å². The molecule has 0 aliphatic rings. The molecule has 0 fully saturated rings. The Morgan fingerprint density at radius 2 is 1.95 bits per heavy atom. The van der Waals surface area contributed by atoms with Crippen molar-refractivity contribution in [3.63, 3.8) is 0 Å². The van der Waals surface area contributed by atoms with Gasteiger partial charge in [-0.15, -0.1) is 0 Å². The van der Waals surface area contributed by atoms with Crippen molar-refractivity contribution in [2.24, 2.45) is 0 Å². The highest BCUT2D eigenvalue weighted by Gasteiger charge is 2.13. The fraction of sp³-hybridized carbons (Fsp3) is 0.118. The minimum Gasteiger partial charge on any atom is -0.507 e. The zero-order chi connectivity index (χ0) is 14.8. The predicted octanol–water partition coefficient (Wildman–Crippen LogP) is 3.72. The molecule has 3 rings (SSSR count). The topological polar surface area (TPSA) is 62.3 Å². The molecule has 0 atom stereocenters. The van der Waals surface area contributed by atoms with Gasteiger partial charge in [0.25, 0.3) is 0 Å². The van der Waals surface area contributed by atoms with Gasteiger partial charge in [-0.3, -0.25) is 0 Å². The lowest BCUT2D eigenvalue weighted by molar-refractivity contribution is 0.0526. The van der Waals surface area contributed by atoms with Crippen molar-refractivity contribution in [3.05, 3.63) is 54.1 Å². The molecule has 2 N–H and O–H groups in total. The molecule has 0 radical (unpaired) electrons. The molecular formula is C17H15NO3. The number of fused-ring (bicyclic) bond motifs is 1. The van der Waals surface area contributed by atoms with Crippen molar-refractivity contribution in [1.82, 2.24) is 4.98 Å². The number of H-pyrrole nitrogens is 1. The van der Waals surface area contributed by atoms with Crippen molar-refractivity contribution in [3.8, 4) is 17.0 Å². The summed E-state index contributed by atoms with van der Waals surface area (Å²) in [5.41, 5.74) is 2.95. The third-order valence-corrected chi connectivity index (χ3v) is 3.31. The van der Waals surface area contributed by atoms with Crippen LogP contribution in [0.5, 0.6) is 5.75 Å². The molecule has 21 heavy (non-hydrogen) atoms. The predicted molar refractivity (Wildman–Crippen MR) is 81.4 cm³/mol. The summed E-state index contributed by atoms with van der Waals surface area (Å²) in [5, 5.41) is 10.8. The molecule has 0 unspecified atom stereocenters. The van der Waals surface area contributed by atoms with Crippen LogP contribution in [0.1, 0.15) is 17.3 Å². The lowest BCUT2D eigenvalue weighted by Crippen LogP contribution is -2.04. The smallest absolute Gasteiger partial charge is 0.338 e. The van der Waals surface area contributed by atoms with Gasteiger partial charge in [0.15, 0.2) is 0 Å². The first-order valence-electron chi connectivity index (χ1n) is 6.77. The third kappa shape index (κ3) is 2.48. The average molecular weight is 281 g/mol.